The van der Waals surface area contributed by atoms with Crippen LogP contribution in [0.3, 0.4) is 0 Å². The molecule has 0 aliphatic heterocycles. The standard InChI is InChI=1S/C16H22N2S/c1-15(2,3)13-11-19-14(18-13)16(4,17)10-12-8-6-5-7-9-12/h5-9,11H,10,17H2,1-4H3. The smallest absolute Gasteiger partial charge is 0.113 e. The van der Waals surface area contributed by atoms with Crippen LogP contribution in [0.5, 0.6) is 0 Å². The molecule has 2 aromatic rings. The van der Waals surface area contributed by atoms with Gasteiger partial charge in [0.25, 0.3) is 0 Å². The second-order valence-corrected chi connectivity index (χ2v) is 7.23. The summed E-state index contributed by atoms with van der Waals surface area (Å²) in [4.78, 5) is 4.74. The minimum Gasteiger partial charge on any atom is -0.319 e. The Hall–Kier alpha value is -1.19. The van der Waals surface area contributed by atoms with E-state index >= 15 is 0 Å². The quantitative estimate of drug-likeness (QED) is 0.923. The molecule has 1 aromatic carbocycles. The van der Waals surface area contributed by atoms with Gasteiger partial charge in [-0.2, -0.15) is 0 Å². The Morgan fingerprint density at radius 1 is 1.11 bits per heavy atom. The average molecular weight is 274 g/mol. The lowest BCUT2D eigenvalue weighted by atomic mass is 9.92. The molecule has 0 radical (unpaired) electrons. The fourth-order valence-corrected chi connectivity index (χ4v) is 3.10. The number of rotatable bonds is 3. The van der Waals surface area contributed by atoms with Gasteiger partial charge < -0.3 is 5.73 Å². The first-order chi connectivity index (χ1) is 8.79. The summed E-state index contributed by atoms with van der Waals surface area (Å²) in [6.07, 6.45) is 0.810. The molecule has 1 unspecified atom stereocenters. The number of nitrogens with two attached hydrogens (primary N) is 1. The summed E-state index contributed by atoms with van der Waals surface area (Å²) >= 11 is 1.67. The van der Waals surface area contributed by atoms with E-state index in [0.717, 1.165) is 17.1 Å². The second-order valence-electron chi connectivity index (χ2n) is 6.37. The lowest BCUT2D eigenvalue weighted by molar-refractivity contribution is 0.480. The highest BCUT2D eigenvalue weighted by Crippen LogP contribution is 2.30. The Morgan fingerprint density at radius 3 is 2.26 bits per heavy atom. The maximum Gasteiger partial charge on any atom is 0.113 e. The first-order valence-corrected chi connectivity index (χ1v) is 7.46. The Kier molecular flexibility index (Phi) is 3.79. The molecule has 1 heterocycles. The third-order valence-electron chi connectivity index (χ3n) is 3.18. The maximum absolute atomic E-state index is 6.47. The van der Waals surface area contributed by atoms with Gasteiger partial charge in [0, 0.05) is 10.8 Å². The van der Waals surface area contributed by atoms with E-state index in [2.05, 4.69) is 45.2 Å². The van der Waals surface area contributed by atoms with Crippen molar-refractivity contribution in [1.82, 2.24) is 4.98 Å². The van der Waals surface area contributed by atoms with Crippen LogP contribution in [0.2, 0.25) is 0 Å². The van der Waals surface area contributed by atoms with Gasteiger partial charge in [-0.1, -0.05) is 51.1 Å². The van der Waals surface area contributed by atoms with Crippen molar-refractivity contribution in [3.05, 3.63) is 52.0 Å². The van der Waals surface area contributed by atoms with E-state index in [1.165, 1.54) is 5.56 Å². The molecule has 0 aliphatic carbocycles. The van der Waals surface area contributed by atoms with Crippen LogP contribution in [0, 0.1) is 0 Å². The summed E-state index contributed by atoms with van der Waals surface area (Å²) in [6.45, 7) is 8.59. The van der Waals surface area contributed by atoms with Gasteiger partial charge in [0.2, 0.25) is 0 Å². The molecule has 2 N–H and O–H groups in total. The van der Waals surface area contributed by atoms with Crippen LogP contribution in [-0.2, 0) is 17.4 Å². The van der Waals surface area contributed by atoms with E-state index in [0.29, 0.717) is 0 Å². The van der Waals surface area contributed by atoms with Gasteiger partial charge in [0.15, 0.2) is 0 Å². The molecule has 3 heteroatoms. The molecule has 0 saturated carbocycles. The van der Waals surface area contributed by atoms with Gasteiger partial charge in [0.05, 0.1) is 11.2 Å². The topological polar surface area (TPSA) is 38.9 Å². The summed E-state index contributed by atoms with van der Waals surface area (Å²) in [6, 6.07) is 10.4. The first kappa shape index (κ1) is 14.2. The Bertz CT molecular complexity index is 535. The van der Waals surface area contributed by atoms with E-state index in [-0.39, 0.29) is 5.41 Å². The highest BCUT2D eigenvalue weighted by Gasteiger charge is 2.27. The number of hydrogen-bond acceptors (Lipinski definition) is 3. The van der Waals surface area contributed by atoms with Crippen molar-refractivity contribution in [2.75, 3.05) is 0 Å². The SMILES string of the molecule is CC(C)(C)c1csc(C(C)(N)Cc2ccccc2)n1. The predicted molar refractivity (Wildman–Crippen MR) is 82.5 cm³/mol. The van der Waals surface area contributed by atoms with Crippen molar-refractivity contribution >= 4 is 11.3 Å². The lowest BCUT2D eigenvalue weighted by Gasteiger charge is -2.22. The molecular weight excluding hydrogens is 252 g/mol. The van der Waals surface area contributed by atoms with E-state index in [1.807, 2.05) is 18.2 Å². The van der Waals surface area contributed by atoms with E-state index < -0.39 is 5.54 Å². The molecule has 0 aliphatic rings. The van der Waals surface area contributed by atoms with Gasteiger partial charge in [-0.05, 0) is 18.9 Å². The molecule has 0 spiro atoms. The van der Waals surface area contributed by atoms with Gasteiger partial charge in [-0.25, -0.2) is 4.98 Å². The number of aromatic nitrogens is 1. The molecule has 2 nitrogen and oxygen atoms in total. The van der Waals surface area contributed by atoms with E-state index in [4.69, 9.17) is 10.7 Å². The molecule has 1 atom stereocenters. The van der Waals surface area contributed by atoms with E-state index in [1.54, 1.807) is 11.3 Å². The van der Waals surface area contributed by atoms with Crippen LogP contribution in [-0.4, -0.2) is 4.98 Å². The average Bonchev–Trinajstić information content (AvgIpc) is 2.79. The fraction of sp³-hybridized carbons (Fsp3) is 0.438. The molecule has 102 valence electrons. The van der Waals surface area contributed by atoms with Crippen molar-refractivity contribution < 1.29 is 0 Å². The number of nitrogens with zero attached hydrogens (tertiary/aromatic N) is 1. The summed E-state index contributed by atoms with van der Waals surface area (Å²) in [5, 5.41) is 3.15. The monoisotopic (exact) mass is 274 g/mol. The zero-order valence-corrected chi connectivity index (χ0v) is 12.9. The zero-order valence-electron chi connectivity index (χ0n) is 12.1. The maximum atomic E-state index is 6.47. The van der Waals surface area contributed by atoms with Crippen molar-refractivity contribution in [2.24, 2.45) is 5.73 Å². The number of hydrogen-bond donors (Lipinski definition) is 1. The Labute approximate surface area is 119 Å². The summed E-state index contributed by atoms with van der Waals surface area (Å²) < 4.78 is 0. The molecule has 1 aromatic heterocycles. The molecule has 0 amide bonds. The van der Waals surface area contributed by atoms with Crippen LogP contribution in [0.25, 0.3) is 0 Å². The summed E-state index contributed by atoms with van der Waals surface area (Å²) in [5.41, 5.74) is 8.52. The van der Waals surface area contributed by atoms with Crippen LogP contribution in [0.1, 0.15) is 44.0 Å². The lowest BCUT2D eigenvalue weighted by Crippen LogP contribution is -2.35. The number of thiazole rings is 1. The van der Waals surface area contributed by atoms with Crippen molar-refractivity contribution in [2.45, 2.75) is 45.1 Å². The predicted octanol–water partition coefficient (Wildman–Crippen LogP) is 3.86. The zero-order chi connectivity index (χ0) is 14.1. The molecule has 19 heavy (non-hydrogen) atoms. The second kappa shape index (κ2) is 5.06. The van der Waals surface area contributed by atoms with Crippen LogP contribution in [0.4, 0.5) is 0 Å². The number of benzene rings is 1. The molecule has 2 rings (SSSR count). The van der Waals surface area contributed by atoms with E-state index in [9.17, 15) is 0 Å². The van der Waals surface area contributed by atoms with Crippen molar-refractivity contribution in [3.8, 4) is 0 Å². The van der Waals surface area contributed by atoms with Crippen LogP contribution < -0.4 is 5.73 Å². The summed E-state index contributed by atoms with van der Waals surface area (Å²) in [7, 11) is 0. The highest BCUT2D eigenvalue weighted by atomic mass is 32.1. The van der Waals surface area contributed by atoms with Gasteiger partial charge >= 0.3 is 0 Å². The summed E-state index contributed by atoms with van der Waals surface area (Å²) in [5.74, 6) is 0. The Morgan fingerprint density at radius 2 is 1.74 bits per heavy atom. The largest absolute Gasteiger partial charge is 0.319 e. The molecule has 0 saturated heterocycles. The molecule has 0 bridgehead atoms. The minimum atomic E-state index is -0.407. The third-order valence-corrected chi connectivity index (χ3v) is 4.30. The molecule has 0 fully saturated rings. The first-order valence-electron chi connectivity index (χ1n) is 6.58. The minimum absolute atomic E-state index is 0.0809. The van der Waals surface area contributed by atoms with Gasteiger partial charge in [-0.15, -0.1) is 11.3 Å². The Balaban J connectivity index is 2.22. The third kappa shape index (κ3) is 3.43. The molecular formula is C16H22N2S. The highest BCUT2D eigenvalue weighted by molar-refractivity contribution is 7.09. The normalized spacial score (nSPS) is 15.2. The van der Waals surface area contributed by atoms with Gasteiger partial charge in [0.1, 0.15) is 5.01 Å². The van der Waals surface area contributed by atoms with Crippen molar-refractivity contribution in [1.29, 1.82) is 0 Å². The van der Waals surface area contributed by atoms with Crippen LogP contribution in [0.15, 0.2) is 35.7 Å². The van der Waals surface area contributed by atoms with Crippen LogP contribution >= 0.6 is 11.3 Å². The fourth-order valence-electron chi connectivity index (χ4n) is 1.98. The van der Waals surface area contributed by atoms with Crippen molar-refractivity contribution in [3.63, 3.8) is 0 Å². The van der Waals surface area contributed by atoms with Gasteiger partial charge in [-0.3, -0.25) is 0 Å².